The molecule has 20 heavy (non-hydrogen) atoms. The molecule has 1 heterocycles. The van der Waals surface area contributed by atoms with Crippen LogP contribution in [0, 0.1) is 5.21 Å². The van der Waals surface area contributed by atoms with Crippen LogP contribution in [0.3, 0.4) is 0 Å². The Morgan fingerprint density at radius 2 is 1.65 bits per heavy atom. The molecule has 4 nitrogen and oxygen atoms in total. The molecule has 1 saturated heterocycles. The van der Waals surface area contributed by atoms with Crippen LogP contribution in [0.4, 0.5) is 0 Å². The van der Waals surface area contributed by atoms with E-state index < -0.39 is 17.4 Å². The lowest BCUT2D eigenvalue weighted by Crippen LogP contribution is -2.59. The van der Waals surface area contributed by atoms with Crippen molar-refractivity contribution in [3.63, 3.8) is 0 Å². The second-order valence-corrected chi connectivity index (χ2v) is 6.85. The zero-order valence-corrected chi connectivity index (χ0v) is 12.7. The highest BCUT2D eigenvalue weighted by molar-refractivity contribution is 5.15. The molecule has 0 aromatic heterocycles. The smallest absolute Gasteiger partial charge is 0.181 e. The van der Waals surface area contributed by atoms with Gasteiger partial charge in [-0.2, -0.15) is 0 Å². The Bertz CT molecular complexity index is 426. The molecule has 0 amide bonds. The third kappa shape index (κ3) is 3.20. The van der Waals surface area contributed by atoms with Crippen molar-refractivity contribution in [2.75, 3.05) is 0 Å². The van der Waals surface area contributed by atoms with Crippen LogP contribution in [0.15, 0.2) is 30.3 Å². The Balaban J connectivity index is 2.07. The Kier molecular flexibility index (Phi) is 4.21. The molecule has 0 spiro atoms. The van der Waals surface area contributed by atoms with E-state index in [0.29, 0.717) is 12.8 Å². The van der Waals surface area contributed by atoms with Gasteiger partial charge in [0.05, 0.1) is 6.10 Å². The summed E-state index contributed by atoms with van der Waals surface area (Å²) < 4.78 is 5.79. The SMILES string of the molecule is CC1(C)CC(OC(O)c2ccccc2)CC(C)(C)N1[O-]. The maximum absolute atomic E-state index is 12.3. The van der Waals surface area contributed by atoms with Crippen molar-refractivity contribution in [3.8, 4) is 0 Å². The van der Waals surface area contributed by atoms with Gasteiger partial charge in [0.2, 0.25) is 0 Å². The van der Waals surface area contributed by atoms with Gasteiger partial charge in [0.25, 0.3) is 0 Å². The highest BCUT2D eigenvalue weighted by Gasteiger charge is 2.41. The maximum Gasteiger partial charge on any atom is 0.181 e. The van der Waals surface area contributed by atoms with Crippen molar-refractivity contribution in [3.05, 3.63) is 41.1 Å². The standard InChI is InChI=1S/C16H24NO3/c1-15(2)10-13(11-16(3,4)17(15)19)20-14(18)12-8-6-5-7-9-12/h5-9,13-14,18H,10-11H2,1-4H3/q-1. The average Bonchev–Trinajstić information content (AvgIpc) is 2.36. The van der Waals surface area contributed by atoms with Crippen LogP contribution >= 0.6 is 0 Å². The summed E-state index contributed by atoms with van der Waals surface area (Å²) in [5.74, 6) is 0. The minimum Gasteiger partial charge on any atom is -0.784 e. The van der Waals surface area contributed by atoms with Gasteiger partial charge in [-0.05, 0) is 40.5 Å². The third-order valence-corrected chi connectivity index (χ3v) is 3.96. The van der Waals surface area contributed by atoms with Gasteiger partial charge < -0.3 is 20.1 Å². The summed E-state index contributed by atoms with van der Waals surface area (Å²) >= 11 is 0. The molecule has 0 bridgehead atoms. The lowest BCUT2D eigenvalue weighted by atomic mass is 9.80. The van der Waals surface area contributed by atoms with Gasteiger partial charge in [0.1, 0.15) is 0 Å². The van der Waals surface area contributed by atoms with E-state index in [1.54, 1.807) is 0 Å². The molecule has 1 fully saturated rings. The predicted molar refractivity (Wildman–Crippen MR) is 78.9 cm³/mol. The molecule has 1 aromatic rings. The molecule has 112 valence electrons. The Hall–Kier alpha value is -0.940. The predicted octanol–water partition coefficient (Wildman–Crippen LogP) is 3.21. The fourth-order valence-electron chi connectivity index (χ4n) is 3.15. The molecule has 1 aromatic carbocycles. The molecule has 4 heteroatoms. The van der Waals surface area contributed by atoms with Gasteiger partial charge in [-0.15, -0.1) is 0 Å². The topological polar surface area (TPSA) is 55.8 Å². The molecule has 1 aliphatic rings. The Morgan fingerprint density at radius 1 is 1.15 bits per heavy atom. The zero-order chi connectivity index (χ0) is 15.0. The van der Waals surface area contributed by atoms with E-state index in [1.807, 2.05) is 58.0 Å². The first-order chi connectivity index (χ1) is 9.22. The van der Waals surface area contributed by atoms with E-state index in [0.717, 1.165) is 10.6 Å². The first kappa shape index (κ1) is 15.4. The quantitative estimate of drug-likeness (QED) is 0.863. The monoisotopic (exact) mass is 278 g/mol. The second-order valence-electron chi connectivity index (χ2n) is 6.85. The van der Waals surface area contributed by atoms with Crippen molar-refractivity contribution >= 4 is 0 Å². The number of nitrogens with zero attached hydrogens (tertiary/aromatic N) is 1. The second kappa shape index (κ2) is 5.45. The first-order valence-electron chi connectivity index (χ1n) is 7.08. The van der Waals surface area contributed by atoms with E-state index in [1.165, 1.54) is 0 Å². The summed E-state index contributed by atoms with van der Waals surface area (Å²) in [7, 11) is 0. The average molecular weight is 278 g/mol. The van der Waals surface area contributed by atoms with Crippen molar-refractivity contribution in [1.82, 2.24) is 5.06 Å². The number of ether oxygens (including phenoxy) is 1. The molecule has 1 N–H and O–H groups in total. The lowest BCUT2D eigenvalue weighted by Gasteiger charge is -2.59. The van der Waals surface area contributed by atoms with E-state index in [2.05, 4.69) is 0 Å². The van der Waals surface area contributed by atoms with Crippen LogP contribution in [0.25, 0.3) is 0 Å². The number of aliphatic hydroxyl groups is 1. The normalized spacial score (nSPS) is 24.5. The molecular weight excluding hydrogens is 254 g/mol. The summed E-state index contributed by atoms with van der Waals surface area (Å²) in [6, 6.07) is 9.32. The summed E-state index contributed by atoms with van der Waals surface area (Å²) in [6.07, 6.45) is 0.166. The third-order valence-electron chi connectivity index (χ3n) is 3.96. The largest absolute Gasteiger partial charge is 0.784 e. The molecule has 0 radical (unpaired) electrons. The van der Waals surface area contributed by atoms with E-state index in [-0.39, 0.29) is 6.10 Å². The van der Waals surface area contributed by atoms with Crippen molar-refractivity contribution in [1.29, 1.82) is 0 Å². The number of hydrogen-bond donors (Lipinski definition) is 1. The number of benzene rings is 1. The maximum atomic E-state index is 12.3. The zero-order valence-electron chi connectivity index (χ0n) is 12.7. The number of rotatable bonds is 3. The molecule has 0 aliphatic carbocycles. The highest BCUT2D eigenvalue weighted by Crippen LogP contribution is 2.39. The van der Waals surface area contributed by atoms with Crippen molar-refractivity contribution in [2.45, 2.75) is 64.0 Å². The molecule has 1 atom stereocenters. The minimum absolute atomic E-state index is 0.125. The van der Waals surface area contributed by atoms with Crippen molar-refractivity contribution in [2.24, 2.45) is 0 Å². The van der Waals surface area contributed by atoms with Crippen molar-refractivity contribution < 1.29 is 9.84 Å². The number of piperidine rings is 1. The Morgan fingerprint density at radius 3 is 2.15 bits per heavy atom. The van der Waals surface area contributed by atoms with Gasteiger partial charge >= 0.3 is 0 Å². The van der Waals surface area contributed by atoms with Gasteiger partial charge in [0.15, 0.2) is 6.29 Å². The number of hydroxylamine groups is 2. The number of hydrogen-bond acceptors (Lipinski definition) is 4. The van der Waals surface area contributed by atoms with Crippen LogP contribution in [0.1, 0.15) is 52.4 Å². The van der Waals surface area contributed by atoms with Gasteiger partial charge in [0, 0.05) is 16.6 Å². The summed E-state index contributed by atoms with van der Waals surface area (Å²) in [5, 5.41) is 23.6. The Labute approximate surface area is 120 Å². The fourth-order valence-corrected chi connectivity index (χ4v) is 3.15. The van der Waals surface area contributed by atoms with E-state index in [9.17, 15) is 10.3 Å². The van der Waals surface area contributed by atoms with Gasteiger partial charge in [-0.3, -0.25) is 0 Å². The van der Waals surface area contributed by atoms with Crippen LogP contribution in [-0.4, -0.2) is 27.4 Å². The summed E-state index contributed by atoms with van der Waals surface area (Å²) in [4.78, 5) is 0. The molecule has 2 rings (SSSR count). The lowest BCUT2D eigenvalue weighted by molar-refractivity contribution is -0.177. The highest BCUT2D eigenvalue weighted by atomic mass is 16.6. The van der Waals surface area contributed by atoms with Crippen LogP contribution in [-0.2, 0) is 4.74 Å². The number of aliphatic hydroxyl groups excluding tert-OH is 1. The first-order valence-corrected chi connectivity index (χ1v) is 7.08. The van der Waals surface area contributed by atoms with Crippen LogP contribution < -0.4 is 0 Å². The van der Waals surface area contributed by atoms with Crippen LogP contribution in [0.5, 0.6) is 0 Å². The molecule has 1 unspecified atom stereocenters. The van der Waals surface area contributed by atoms with E-state index in [4.69, 9.17) is 4.74 Å². The summed E-state index contributed by atoms with van der Waals surface area (Å²) in [5.41, 5.74) is -0.223. The molecular formula is C16H24NO3-. The molecule has 0 saturated carbocycles. The van der Waals surface area contributed by atoms with Gasteiger partial charge in [-0.25, -0.2) is 0 Å². The summed E-state index contributed by atoms with van der Waals surface area (Å²) in [6.45, 7) is 7.69. The minimum atomic E-state index is -0.939. The van der Waals surface area contributed by atoms with E-state index >= 15 is 0 Å². The van der Waals surface area contributed by atoms with Crippen LogP contribution in [0.2, 0.25) is 0 Å². The fraction of sp³-hybridized carbons (Fsp3) is 0.625. The molecule has 1 aliphatic heterocycles. The van der Waals surface area contributed by atoms with Gasteiger partial charge in [-0.1, -0.05) is 30.3 Å².